The number of hydrogen-bond donors (Lipinski definition) is 1. The predicted octanol–water partition coefficient (Wildman–Crippen LogP) is 1.72. The average molecular weight is 258 g/mol. The lowest BCUT2D eigenvalue weighted by molar-refractivity contribution is 0.0924. The van der Waals surface area contributed by atoms with Crippen LogP contribution in [0.2, 0.25) is 0 Å². The summed E-state index contributed by atoms with van der Waals surface area (Å²) in [5.41, 5.74) is 1.48. The van der Waals surface area contributed by atoms with Crippen molar-refractivity contribution >= 4 is 5.91 Å². The van der Waals surface area contributed by atoms with Gasteiger partial charge in [-0.25, -0.2) is 0 Å². The smallest absolute Gasteiger partial charge is 0.273 e. The molecule has 1 amide bonds. The number of amides is 1. The molecule has 19 heavy (non-hydrogen) atoms. The average Bonchev–Trinajstić information content (AvgIpc) is 3.01. The molecule has 1 aromatic carbocycles. The topological polar surface area (TPSA) is 64.4 Å². The summed E-state index contributed by atoms with van der Waals surface area (Å²) in [7, 11) is 0. The second-order valence-corrected chi connectivity index (χ2v) is 4.58. The second-order valence-electron chi connectivity index (χ2n) is 4.58. The van der Waals surface area contributed by atoms with Gasteiger partial charge in [-0.2, -0.15) is 0 Å². The summed E-state index contributed by atoms with van der Waals surface area (Å²) in [5, 5.41) is 6.48. The number of rotatable bonds is 3. The highest BCUT2D eigenvalue weighted by atomic mass is 16.5. The van der Waals surface area contributed by atoms with E-state index in [1.165, 1.54) is 5.56 Å². The molecule has 0 fully saturated rings. The van der Waals surface area contributed by atoms with Gasteiger partial charge in [0, 0.05) is 12.5 Å². The van der Waals surface area contributed by atoms with E-state index >= 15 is 0 Å². The monoisotopic (exact) mass is 258 g/mol. The van der Waals surface area contributed by atoms with Crippen molar-refractivity contribution in [2.75, 3.05) is 6.54 Å². The van der Waals surface area contributed by atoms with E-state index in [-0.39, 0.29) is 12.0 Å². The molecule has 0 radical (unpaired) electrons. The Morgan fingerprint density at radius 1 is 1.47 bits per heavy atom. The van der Waals surface area contributed by atoms with Crippen molar-refractivity contribution < 1.29 is 14.1 Å². The molecule has 1 aliphatic rings. The first kappa shape index (κ1) is 11.8. The van der Waals surface area contributed by atoms with Crippen LogP contribution in [0.5, 0.6) is 5.75 Å². The molecule has 0 aliphatic carbocycles. The summed E-state index contributed by atoms with van der Waals surface area (Å²) >= 11 is 0. The Kier molecular flexibility index (Phi) is 2.95. The van der Waals surface area contributed by atoms with Crippen molar-refractivity contribution in [3.63, 3.8) is 0 Å². The van der Waals surface area contributed by atoms with Gasteiger partial charge in [-0.15, -0.1) is 0 Å². The van der Waals surface area contributed by atoms with Crippen molar-refractivity contribution in [1.29, 1.82) is 0 Å². The largest absolute Gasteiger partial charge is 0.488 e. The molecule has 0 spiro atoms. The third-order valence-corrected chi connectivity index (χ3v) is 3.06. The van der Waals surface area contributed by atoms with Gasteiger partial charge < -0.3 is 14.6 Å². The Labute approximate surface area is 110 Å². The maximum atomic E-state index is 11.8. The van der Waals surface area contributed by atoms with E-state index in [9.17, 15) is 4.79 Å². The highest BCUT2D eigenvalue weighted by Gasteiger charge is 2.23. The SMILES string of the molecule is Cc1cc(C(=O)NC[C@H]2Cc3ccccc3O2)no1. The molecule has 0 unspecified atom stereocenters. The minimum absolute atomic E-state index is 0.0191. The number of aromatic nitrogens is 1. The third kappa shape index (κ3) is 2.45. The maximum absolute atomic E-state index is 11.8. The molecular weight excluding hydrogens is 244 g/mol. The molecule has 5 nitrogen and oxygen atoms in total. The summed E-state index contributed by atoms with van der Waals surface area (Å²) < 4.78 is 10.6. The van der Waals surface area contributed by atoms with E-state index in [2.05, 4.69) is 10.5 Å². The minimum atomic E-state index is -0.239. The lowest BCUT2D eigenvalue weighted by Gasteiger charge is -2.10. The fourth-order valence-electron chi connectivity index (χ4n) is 2.14. The predicted molar refractivity (Wildman–Crippen MR) is 68.1 cm³/mol. The van der Waals surface area contributed by atoms with Gasteiger partial charge in [-0.3, -0.25) is 4.79 Å². The van der Waals surface area contributed by atoms with Gasteiger partial charge in [-0.05, 0) is 18.6 Å². The molecule has 0 bridgehead atoms. The molecule has 1 N–H and O–H groups in total. The lowest BCUT2D eigenvalue weighted by atomic mass is 10.1. The van der Waals surface area contributed by atoms with Gasteiger partial charge in [0.2, 0.25) is 0 Å². The second kappa shape index (κ2) is 4.76. The number of hydrogen-bond acceptors (Lipinski definition) is 4. The molecule has 2 aromatic rings. The summed E-state index contributed by atoms with van der Waals surface area (Å²) in [6.45, 7) is 2.21. The zero-order valence-electron chi connectivity index (χ0n) is 10.6. The van der Waals surface area contributed by atoms with E-state index in [4.69, 9.17) is 9.26 Å². The van der Waals surface area contributed by atoms with Crippen LogP contribution in [0.3, 0.4) is 0 Å². The van der Waals surface area contributed by atoms with Gasteiger partial charge >= 0.3 is 0 Å². The highest BCUT2D eigenvalue weighted by molar-refractivity contribution is 5.92. The molecule has 1 atom stereocenters. The number of fused-ring (bicyclic) bond motifs is 1. The van der Waals surface area contributed by atoms with E-state index in [0.717, 1.165) is 12.2 Å². The normalized spacial score (nSPS) is 16.8. The molecule has 0 saturated heterocycles. The van der Waals surface area contributed by atoms with E-state index in [1.807, 2.05) is 24.3 Å². The molecule has 3 rings (SSSR count). The lowest BCUT2D eigenvalue weighted by Crippen LogP contribution is -2.34. The summed E-state index contributed by atoms with van der Waals surface area (Å²) in [6.07, 6.45) is 0.795. The minimum Gasteiger partial charge on any atom is -0.488 e. The van der Waals surface area contributed by atoms with Crippen LogP contribution in [0.25, 0.3) is 0 Å². The Morgan fingerprint density at radius 3 is 3.05 bits per heavy atom. The number of benzene rings is 1. The van der Waals surface area contributed by atoms with Crippen LogP contribution in [-0.4, -0.2) is 23.7 Å². The number of carbonyl (C=O) groups excluding carboxylic acids is 1. The van der Waals surface area contributed by atoms with Crippen molar-refractivity contribution in [2.45, 2.75) is 19.4 Å². The van der Waals surface area contributed by atoms with Gasteiger partial charge in [0.15, 0.2) is 5.69 Å². The first-order valence-corrected chi connectivity index (χ1v) is 6.18. The Hall–Kier alpha value is -2.30. The number of ether oxygens (including phenoxy) is 1. The van der Waals surface area contributed by atoms with Gasteiger partial charge in [0.25, 0.3) is 5.91 Å². The van der Waals surface area contributed by atoms with Gasteiger partial charge in [0.1, 0.15) is 17.6 Å². The van der Waals surface area contributed by atoms with Crippen molar-refractivity contribution in [3.05, 3.63) is 47.3 Å². The summed E-state index contributed by atoms with van der Waals surface area (Å²) in [4.78, 5) is 11.8. The number of nitrogens with zero attached hydrogens (tertiary/aromatic N) is 1. The Balaban J connectivity index is 1.56. The van der Waals surface area contributed by atoms with Gasteiger partial charge in [0.05, 0.1) is 6.54 Å². The zero-order valence-corrected chi connectivity index (χ0v) is 10.6. The molecular formula is C14H14N2O3. The van der Waals surface area contributed by atoms with Crippen LogP contribution in [0, 0.1) is 6.92 Å². The van der Waals surface area contributed by atoms with Crippen LogP contribution < -0.4 is 10.1 Å². The molecule has 1 aromatic heterocycles. The molecule has 1 aliphatic heterocycles. The molecule has 2 heterocycles. The third-order valence-electron chi connectivity index (χ3n) is 3.06. The number of carbonyl (C=O) groups is 1. The maximum Gasteiger partial charge on any atom is 0.273 e. The Bertz CT molecular complexity index is 581. The van der Waals surface area contributed by atoms with Crippen molar-refractivity contribution in [1.82, 2.24) is 10.5 Å². The van der Waals surface area contributed by atoms with Crippen LogP contribution in [0.15, 0.2) is 34.9 Å². The molecule has 0 saturated carbocycles. The van der Waals surface area contributed by atoms with Crippen LogP contribution in [0.4, 0.5) is 0 Å². The van der Waals surface area contributed by atoms with E-state index in [0.29, 0.717) is 18.0 Å². The fourth-order valence-corrected chi connectivity index (χ4v) is 2.14. The van der Waals surface area contributed by atoms with Gasteiger partial charge in [-0.1, -0.05) is 23.4 Å². The standard InChI is InChI=1S/C14H14N2O3/c1-9-6-12(16-19-9)14(17)15-8-11-7-10-4-2-3-5-13(10)18-11/h2-6,11H,7-8H2,1H3,(H,15,17)/t11-/m1/s1. The summed E-state index contributed by atoms with van der Waals surface area (Å²) in [5.74, 6) is 1.28. The molecule has 5 heteroatoms. The number of para-hydroxylation sites is 1. The zero-order chi connectivity index (χ0) is 13.2. The van der Waals surface area contributed by atoms with Crippen molar-refractivity contribution in [2.24, 2.45) is 0 Å². The summed E-state index contributed by atoms with van der Waals surface area (Å²) in [6, 6.07) is 9.52. The van der Waals surface area contributed by atoms with E-state index in [1.54, 1.807) is 13.0 Å². The Morgan fingerprint density at radius 2 is 2.32 bits per heavy atom. The van der Waals surface area contributed by atoms with Crippen LogP contribution >= 0.6 is 0 Å². The first-order chi connectivity index (χ1) is 9.22. The fraction of sp³-hybridized carbons (Fsp3) is 0.286. The van der Waals surface area contributed by atoms with E-state index < -0.39 is 0 Å². The number of aryl methyl sites for hydroxylation is 1. The quantitative estimate of drug-likeness (QED) is 0.910. The first-order valence-electron chi connectivity index (χ1n) is 6.18. The highest BCUT2D eigenvalue weighted by Crippen LogP contribution is 2.27. The van der Waals surface area contributed by atoms with Crippen LogP contribution in [-0.2, 0) is 6.42 Å². The van der Waals surface area contributed by atoms with Crippen molar-refractivity contribution in [3.8, 4) is 5.75 Å². The molecule has 98 valence electrons. The number of nitrogens with one attached hydrogen (secondary N) is 1. The van der Waals surface area contributed by atoms with Crippen LogP contribution in [0.1, 0.15) is 21.8 Å².